The number of halogens is 1. The minimum atomic E-state index is -4.19. The van der Waals surface area contributed by atoms with Crippen LogP contribution < -0.4 is 17.0 Å². The van der Waals surface area contributed by atoms with Gasteiger partial charge in [-0.1, -0.05) is 0 Å². The van der Waals surface area contributed by atoms with Crippen molar-refractivity contribution in [2.75, 3.05) is 24.7 Å². The molecule has 0 aromatic carbocycles. The van der Waals surface area contributed by atoms with Gasteiger partial charge >= 0.3 is 13.4 Å². The molecule has 24 heteroatoms. The molecule has 7 heterocycles. The van der Waals surface area contributed by atoms with Crippen molar-refractivity contribution in [3.8, 4) is 0 Å². The zero-order chi connectivity index (χ0) is 31.8. The molecule has 242 valence electrons. The third-order valence-electron chi connectivity index (χ3n) is 7.38. The van der Waals surface area contributed by atoms with E-state index in [1.807, 2.05) is 0 Å². The topological polar surface area (TPSA) is 253 Å². The molecule has 3 aliphatic heterocycles. The van der Waals surface area contributed by atoms with Crippen LogP contribution in [0.2, 0.25) is 0 Å². The van der Waals surface area contributed by atoms with Crippen molar-refractivity contribution in [1.29, 1.82) is 0 Å². The van der Waals surface area contributed by atoms with Gasteiger partial charge in [-0.05, 0) is 29.7 Å². The second-order valence-corrected chi connectivity index (χ2v) is 17.2. The van der Waals surface area contributed by atoms with Gasteiger partial charge in [-0.25, -0.2) is 19.3 Å². The SMILES string of the molecule is Nc1nc2c(ncn2[C@@H]2S[C@@H]3COP(O)(=S)O[C@H]4[C@H](F)C(n5cnc6c(N)ccnc65)O[C@@H]4COP(O)(=S)O[C@@H]2[C@@H]3O)c(=O)[nH]1. The summed E-state index contributed by atoms with van der Waals surface area (Å²) in [6.45, 7) is -9.34. The third-order valence-corrected chi connectivity index (χ3v) is 12.0. The third kappa shape index (κ3) is 5.71. The zero-order valence-corrected chi connectivity index (χ0v) is 26.7. The Balaban J connectivity index is 1.21. The molecule has 10 atom stereocenters. The predicted octanol–water partition coefficient (Wildman–Crippen LogP) is 0.190. The molecule has 4 aromatic heterocycles. The van der Waals surface area contributed by atoms with E-state index in [-0.39, 0.29) is 29.4 Å². The smallest absolute Gasteiger partial charge is 0.325 e. The minimum Gasteiger partial charge on any atom is -0.397 e. The van der Waals surface area contributed by atoms with Gasteiger partial charge in [0.05, 0.1) is 42.9 Å². The van der Waals surface area contributed by atoms with Crippen molar-refractivity contribution in [1.82, 2.24) is 34.1 Å². The number of imidazole rings is 2. The molecule has 0 amide bonds. The van der Waals surface area contributed by atoms with Gasteiger partial charge in [0.15, 0.2) is 29.2 Å². The van der Waals surface area contributed by atoms with Crippen LogP contribution in [0.25, 0.3) is 22.3 Å². The van der Waals surface area contributed by atoms with Gasteiger partial charge in [0, 0.05) is 6.20 Å². The Morgan fingerprint density at radius 2 is 1.71 bits per heavy atom. The number of anilines is 2. The summed E-state index contributed by atoms with van der Waals surface area (Å²) < 4.78 is 47.3. The molecular formula is C21H24FN9O9P2S3. The Kier molecular flexibility index (Phi) is 8.04. The van der Waals surface area contributed by atoms with Crippen molar-refractivity contribution >= 4 is 82.8 Å². The van der Waals surface area contributed by atoms with E-state index in [9.17, 15) is 19.7 Å². The first kappa shape index (κ1) is 31.4. The number of hydrogen-bond acceptors (Lipinski definition) is 16. The average molecular weight is 724 g/mol. The molecule has 0 aliphatic carbocycles. The molecule has 18 nitrogen and oxygen atoms in total. The summed E-state index contributed by atoms with van der Waals surface area (Å²) in [5.41, 5.74) is 12.0. The molecule has 0 radical (unpaired) electrons. The summed E-state index contributed by atoms with van der Waals surface area (Å²) in [5.74, 6) is -0.176. The number of nitrogens with one attached hydrogen (secondary N) is 1. The number of ether oxygens (including phenoxy) is 1. The van der Waals surface area contributed by atoms with Crippen LogP contribution in [0.3, 0.4) is 0 Å². The fourth-order valence-electron chi connectivity index (χ4n) is 5.34. The van der Waals surface area contributed by atoms with Gasteiger partial charge in [0.25, 0.3) is 5.56 Å². The maximum atomic E-state index is 16.1. The Bertz CT molecular complexity index is 1950. The van der Waals surface area contributed by atoms with Crippen LogP contribution >= 0.6 is 25.2 Å². The lowest BCUT2D eigenvalue weighted by Crippen LogP contribution is -2.35. The number of nitrogens with zero attached hydrogens (tertiary/aromatic N) is 6. The van der Waals surface area contributed by atoms with Gasteiger partial charge in [-0.2, -0.15) is 4.98 Å². The van der Waals surface area contributed by atoms with E-state index in [0.29, 0.717) is 11.2 Å². The molecule has 7 rings (SSSR count). The van der Waals surface area contributed by atoms with Gasteiger partial charge in [-0.3, -0.25) is 28.0 Å². The van der Waals surface area contributed by atoms with Crippen LogP contribution in [0, 0.1) is 0 Å². The second-order valence-electron chi connectivity index (χ2n) is 10.2. The maximum Gasteiger partial charge on any atom is 0.325 e. The first-order chi connectivity index (χ1) is 21.3. The lowest BCUT2D eigenvalue weighted by molar-refractivity contribution is -0.0451. The number of nitrogen functional groups attached to an aromatic ring is 2. The Morgan fingerprint density at radius 3 is 2.49 bits per heavy atom. The maximum absolute atomic E-state index is 16.1. The number of thioether (sulfide) groups is 1. The largest absolute Gasteiger partial charge is 0.397 e. The Morgan fingerprint density at radius 1 is 1.02 bits per heavy atom. The number of pyridine rings is 1. The van der Waals surface area contributed by atoms with E-state index in [1.54, 1.807) is 0 Å². The van der Waals surface area contributed by atoms with Gasteiger partial charge in [-0.15, -0.1) is 11.8 Å². The monoisotopic (exact) mass is 723 g/mol. The number of aromatic nitrogens is 7. The first-order valence-corrected chi connectivity index (χ1v) is 19.2. The highest BCUT2D eigenvalue weighted by Gasteiger charge is 2.53. The standard InChI is InChI=1S/C21H24FN9O9P2S3/c22-10-14-8(38-19(10)30-5-26-11-7(23)1-2-25-16(11)30)3-36-41(34,43)40-15-13(32)9(4-37-42(35,44)39-14)45-20(15)31-6-27-12-17(31)28-21(24)29-18(12)33/h1-2,5-6,8-10,13-15,19-20,32H,3-4H2,(H2,23,25)(H,34,43)(H,35,44)(H3,24,28,29,33)/t8-,9-,10+,13-,14-,15-,19?,20-,41?,42?/m1/s1. The average Bonchev–Trinajstić information content (AvgIpc) is 3.72. The highest BCUT2D eigenvalue weighted by Crippen LogP contribution is 2.57. The summed E-state index contributed by atoms with van der Waals surface area (Å²) in [6, 6.07) is 1.54. The van der Waals surface area contributed by atoms with Crippen molar-refractivity contribution in [2.24, 2.45) is 0 Å². The molecule has 3 saturated heterocycles. The fraction of sp³-hybridized carbons (Fsp3) is 0.476. The van der Waals surface area contributed by atoms with E-state index >= 15 is 4.39 Å². The molecular weight excluding hydrogens is 699 g/mol. The molecule has 4 aromatic rings. The van der Waals surface area contributed by atoms with Crippen LogP contribution in [-0.4, -0.2) is 98.0 Å². The van der Waals surface area contributed by atoms with Crippen molar-refractivity contribution in [3.63, 3.8) is 0 Å². The molecule has 45 heavy (non-hydrogen) atoms. The van der Waals surface area contributed by atoms with Crippen LogP contribution in [-0.2, 0) is 46.4 Å². The van der Waals surface area contributed by atoms with Crippen molar-refractivity contribution in [3.05, 3.63) is 35.3 Å². The van der Waals surface area contributed by atoms with E-state index < -0.39 is 73.0 Å². The number of aliphatic hydroxyl groups is 1. The minimum absolute atomic E-state index is 0.0330. The number of aromatic amines is 1. The lowest BCUT2D eigenvalue weighted by Gasteiger charge is -2.28. The number of rotatable bonds is 2. The van der Waals surface area contributed by atoms with E-state index in [2.05, 4.69) is 24.9 Å². The normalized spacial score (nSPS) is 37.7. The molecule has 0 saturated carbocycles. The highest BCUT2D eigenvalue weighted by atomic mass is 32.5. The zero-order valence-electron chi connectivity index (χ0n) is 22.5. The molecule has 3 fully saturated rings. The Labute approximate surface area is 265 Å². The van der Waals surface area contributed by atoms with Gasteiger partial charge in [0.2, 0.25) is 5.95 Å². The summed E-state index contributed by atoms with van der Waals surface area (Å²) in [5, 5.41) is 9.50. The number of alkyl halides is 1. The number of hydrogen-bond donors (Lipinski definition) is 6. The number of H-pyrrole nitrogens is 1. The van der Waals surface area contributed by atoms with Crippen LogP contribution in [0.4, 0.5) is 16.0 Å². The van der Waals surface area contributed by atoms with Crippen LogP contribution in [0.1, 0.15) is 11.6 Å². The van der Waals surface area contributed by atoms with Gasteiger partial charge in [0.1, 0.15) is 29.2 Å². The van der Waals surface area contributed by atoms with Crippen molar-refractivity contribution < 1.29 is 42.1 Å². The predicted molar refractivity (Wildman–Crippen MR) is 164 cm³/mol. The molecule has 2 bridgehead atoms. The van der Waals surface area contributed by atoms with E-state index in [1.165, 1.54) is 34.1 Å². The summed E-state index contributed by atoms with van der Waals surface area (Å²) >= 11 is 11.6. The van der Waals surface area contributed by atoms with Gasteiger partial charge < -0.3 is 40.1 Å². The quantitative estimate of drug-likeness (QED) is 0.151. The first-order valence-electron chi connectivity index (χ1n) is 13.1. The number of fused-ring (bicyclic) bond motifs is 5. The molecule has 8 N–H and O–H groups in total. The summed E-state index contributed by atoms with van der Waals surface area (Å²) in [4.78, 5) is 53.5. The Hall–Kier alpha value is -2.17. The molecule has 0 spiro atoms. The van der Waals surface area contributed by atoms with Crippen LogP contribution in [0.5, 0.6) is 0 Å². The van der Waals surface area contributed by atoms with E-state index in [4.69, 9.17) is 57.9 Å². The molecule has 3 unspecified atom stereocenters. The highest BCUT2D eigenvalue weighted by molar-refractivity contribution is 8.07. The fourth-order valence-corrected chi connectivity index (χ4v) is 9.88. The lowest BCUT2D eigenvalue weighted by atomic mass is 10.1. The summed E-state index contributed by atoms with van der Waals surface area (Å²) in [7, 11) is 0. The summed E-state index contributed by atoms with van der Waals surface area (Å²) in [6.07, 6.45) is -4.81. The second kappa shape index (κ2) is 11.5. The number of nitrogens with two attached hydrogens (primary N) is 2. The van der Waals surface area contributed by atoms with Crippen LogP contribution in [0.15, 0.2) is 29.7 Å². The molecule has 3 aliphatic rings. The van der Waals surface area contributed by atoms with Crippen molar-refractivity contribution in [2.45, 2.75) is 47.4 Å². The number of aliphatic hydroxyl groups excluding tert-OH is 1. The van der Waals surface area contributed by atoms with E-state index in [0.717, 1.165) is 11.8 Å².